The summed E-state index contributed by atoms with van der Waals surface area (Å²) >= 11 is 0. The van der Waals surface area contributed by atoms with Gasteiger partial charge in [0.1, 0.15) is 11.5 Å². The van der Waals surface area contributed by atoms with Crippen molar-refractivity contribution in [1.82, 2.24) is 0 Å². The number of nitrogens with one attached hydrogen (secondary N) is 1. The lowest BCUT2D eigenvalue weighted by Crippen LogP contribution is -2.12. The minimum absolute atomic E-state index is 0.0136. The van der Waals surface area contributed by atoms with Crippen LogP contribution >= 0.6 is 0 Å². The zero-order valence-corrected chi connectivity index (χ0v) is 15.8. The summed E-state index contributed by atoms with van der Waals surface area (Å²) in [4.78, 5) is 12.2. The molecule has 0 saturated heterocycles. The predicted molar refractivity (Wildman–Crippen MR) is 110 cm³/mol. The molecule has 0 radical (unpaired) electrons. The molecule has 3 rings (SSSR count). The summed E-state index contributed by atoms with van der Waals surface area (Å²) in [6.45, 7) is 4.36. The molecule has 0 aliphatic carbocycles. The molecule has 0 aromatic heterocycles. The summed E-state index contributed by atoms with van der Waals surface area (Å²) in [5.41, 5.74) is 3.28. The highest BCUT2D eigenvalue weighted by molar-refractivity contribution is 5.90. The fraction of sp³-hybridized carbons (Fsp3) is 0.208. The Morgan fingerprint density at radius 2 is 1.48 bits per heavy atom. The number of ether oxygens (including phenoxy) is 1. The van der Waals surface area contributed by atoms with Crippen LogP contribution in [0, 0.1) is 0 Å². The summed E-state index contributed by atoms with van der Waals surface area (Å²) in [5.74, 6) is 2.07. The largest absolute Gasteiger partial charge is 0.457 e. The lowest BCUT2D eigenvalue weighted by molar-refractivity contribution is -0.116. The van der Waals surface area contributed by atoms with Crippen LogP contribution in [-0.4, -0.2) is 5.91 Å². The molecule has 27 heavy (non-hydrogen) atoms. The smallest absolute Gasteiger partial charge is 0.224 e. The summed E-state index contributed by atoms with van der Waals surface area (Å²) in [6.07, 6.45) is 1.20. The van der Waals surface area contributed by atoms with Gasteiger partial charge in [0.15, 0.2) is 0 Å². The van der Waals surface area contributed by atoms with Crippen LogP contribution in [0.1, 0.15) is 37.3 Å². The van der Waals surface area contributed by atoms with E-state index in [1.807, 2.05) is 54.6 Å². The van der Waals surface area contributed by atoms with E-state index in [0.717, 1.165) is 23.6 Å². The van der Waals surface area contributed by atoms with Gasteiger partial charge in [-0.15, -0.1) is 0 Å². The van der Waals surface area contributed by atoms with Gasteiger partial charge < -0.3 is 10.1 Å². The second kappa shape index (κ2) is 9.04. The number of carbonyl (C=O) groups excluding carboxylic acids is 1. The molecule has 3 aromatic rings. The number of aryl methyl sites for hydroxylation is 1. The summed E-state index contributed by atoms with van der Waals surface area (Å²) in [7, 11) is 0. The molecule has 0 aliphatic rings. The molecule has 0 heterocycles. The molecule has 0 bridgehead atoms. The van der Waals surface area contributed by atoms with Crippen molar-refractivity contribution >= 4 is 11.6 Å². The number of benzene rings is 3. The van der Waals surface area contributed by atoms with Crippen LogP contribution in [0.2, 0.25) is 0 Å². The molecule has 0 unspecified atom stereocenters. The molecule has 0 fully saturated rings. The summed E-state index contributed by atoms with van der Waals surface area (Å²) in [5, 5.41) is 2.94. The van der Waals surface area contributed by atoms with Crippen LogP contribution in [0.25, 0.3) is 0 Å². The van der Waals surface area contributed by atoms with Gasteiger partial charge in [-0.1, -0.05) is 56.3 Å². The van der Waals surface area contributed by atoms with Crippen molar-refractivity contribution in [3.63, 3.8) is 0 Å². The molecule has 3 nitrogen and oxygen atoms in total. The van der Waals surface area contributed by atoms with Gasteiger partial charge in [-0.05, 0) is 59.9 Å². The van der Waals surface area contributed by atoms with E-state index in [4.69, 9.17) is 4.74 Å². The van der Waals surface area contributed by atoms with Gasteiger partial charge in [0.25, 0.3) is 0 Å². The lowest BCUT2D eigenvalue weighted by Gasteiger charge is -2.09. The molecule has 0 spiro atoms. The van der Waals surface area contributed by atoms with Crippen LogP contribution in [0.4, 0.5) is 5.69 Å². The maximum atomic E-state index is 12.2. The van der Waals surface area contributed by atoms with Crippen molar-refractivity contribution in [3.05, 3.63) is 90.0 Å². The van der Waals surface area contributed by atoms with Crippen LogP contribution in [0.3, 0.4) is 0 Å². The van der Waals surface area contributed by atoms with Crippen LogP contribution < -0.4 is 10.1 Å². The Labute approximate surface area is 161 Å². The zero-order chi connectivity index (χ0) is 19.1. The minimum Gasteiger partial charge on any atom is -0.457 e. The van der Waals surface area contributed by atoms with Crippen LogP contribution in [-0.2, 0) is 11.2 Å². The molecule has 0 aliphatic heterocycles. The first-order valence-electron chi connectivity index (χ1n) is 9.32. The summed E-state index contributed by atoms with van der Waals surface area (Å²) in [6, 6.07) is 25.5. The van der Waals surface area contributed by atoms with Gasteiger partial charge >= 0.3 is 0 Å². The number of rotatable bonds is 7. The van der Waals surface area contributed by atoms with Gasteiger partial charge in [-0.25, -0.2) is 0 Å². The second-order valence-corrected chi connectivity index (χ2v) is 6.88. The number of amides is 1. The lowest BCUT2D eigenvalue weighted by atomic mass is 10.0. The molecule has 3 heteroatoms. The van der Waals surface area contributed by atoms with Crippen molar-refractivity contribution in [1.29, 1.82) is 0 Å². The Morgan fingerprint density at radius 3 is 2.11 bits per heavy atom. The van der Waals surface area contributed by atoms with Crippen molar-refractivity contribution in [2.45, 2.75) is 32.6 Å². The van der Waals surface area contributed by atoms with Crippen LogP contribution in [0.5, 0.6) is 11.5 Å². The van der Waals surface area contributed by atoms with Gasteiger partial charge in [0.05, 0.1) is 0 Å². The van der Waals surface area contributed by atoms with Gasteiger partial charge in [-0.2, -0.15) is 0 Å². The zero-order valence-electron chi connectivity index (χ0n) is 15.8. The quantitative estimate of drug-likeness (QED) is 0.547. The highest BCUT2D eigenvalue weighted by Crippen LogP contribution is 2.22. The van der Waals surface area contributed by atoms with E-state index >= 15 is 0 Å². The normalized spacial score (nSPS) is 10.6. The minimum atomic E-state index is 0.0136. The molecule has 3 aromatic carbocycles. The molecular weight excluding hydrogens is 334 g/mol. The maximum absolute atomic E-state index is 12.2. The topological polar surface area (TPSA) is 38.3 Å². The Kier molecular flexibility index (Phi) is 6.26. The monoisotopic (exact) mass is 359 g/mol. The van der Waals surface area contributed by atoms with Crippen molar-refractivity contribution in [2.75, 3.05) is 5.32 Å². The highest BCUT2D eigenvalue weighted by atomic mass is 16.5. The third-order valence-corrected chi connectivity index (χ3v) is 4.40. The van der Waals surface area contributed by atoms with Crippen molar-refractivity contribution < 1.29 is 9.53 Å². The maximum Gasteiger partial charge on any atom is 0.224 e. The van der Waals surface area contributed by atoms with Gasteiger partial charge in [0, 0.05) is 12.1 Å². The van der Waals surface area contributed by atoms with E-state index in [2.05, 4.69) is 43.4 Å². The first kappa shape index (κ1) is 18.7. The average Bonchev–Trinajstić information content (AvgIpc) is 2.69. The van der Waals surface area contributed by atoms with E-state index in [9.17, 15) is 4.79 Å². The number of anilines is 1. The molecule has 1 N–H and O–H groups in total. The second-order valence-electron chi connectivity index (χ2n) is 6.88. The average molecular weight is 359 g/mol. The summed E-state index contributed by atoms with van der Waals surface area (Å²) < 4.78 is 5.76. The first-order valence-corrected chi connectivity index (χ1v) is 9.32. The predicted octanol–water partition coefficient (Wildman–Crippen LogP) is 6.17. The number of hydrogen-bond acceptors (Lipinski definition) is 2. The molecule has 0 atom stereocenters. The van der Waals surface area contributed by atoms with E-state index in [1.165, 1.54) is 11.1 Å². The van der Waals surface area contributed by atoms with E-state index in [0.29, 0.717) is 12.3 Å². The van der Waals surface area contributed by atoms with Gasteiger partial charge in [-0.3, -0.25) is 4.79 Å². The van der Waals surface area contributed by atoms with Gasteiger partial charge in [0.2, 0.25) is 5.91 Å². The standard InChI is InChI=1S/C24H25NO2/c1-18(2)20-11-8-19(9-12-20)10-17-24(26)25-21-13-15-23(16-14-21)27-22-6-4-3-5-7-22/h3-9,11-16,18H,10,17H2,1-2H3,(H,25,26). The molecule has 138 valence electrons. The SMILES string of the molecule is CC(C)c1ccc(CCC(=O)Nc2ccc(Oc3ccccc3)cc2)cc1. The third kappa shape index (κ3) is 5.71. The Morgan fingerprint density at radius 1 is 0.852 bits per heavy atom. The van der Waals surface area contributed by atoms with Crippen molar-refractivity contribution in [3.8, 4) is 11.5 Å². The Hall–Kier alpha value is -3.07. The third-order valence-electron chi connectivity index (χ3n) is 4.40. The highest BCUT2D eigenvalue weighted by Gasteiger charge is 2.05. The van der Waals surface area contributed by atoms with Crippen LogP contribution in [0.15, 0.2) is 78.9 Å². The Balaban J connectivity index is 1.49. The first-order chi connectivity index (χ1) is 13.1. The van der Waals surface area contributed by atoms with E-state index < -0.39 is 0 Å². The fourth-order valence-corrected chi connectivity index (χ4v) is 2.78. The van der Waals surface area contributed by atoms with E-state index in [-0.39, 0.29) is 5.91 Å². The van der Waals surface area contributed by atoms with E-state index in [1.54, 1.807) is 0 Å². The number of para-hydroxylation sites is 1. The molecular formula is C24H25NO2. The molecule has 0 saturated carbocycles. The van der Waals surface area contributed by atoms with Crippen molar-refractivity contribution in [2.24, 2.45) is 0 Å². The number of hydrogen-bond donors (Lipinski definition) is 1. The molecule has 1 amide bonds. The fourth-order valence-electron chi connectivity index (χ4n) is 2.78. The Bertz CT molecular complexity index is 853. The number of carbonyl (C=O) groups is 1.